The van der Waals surface area contributed by atoms with Crippen LogP contribution in [0.15, 0.2) is 34.7 Å². The second kappa shape index (κ2) is 4.91. The number of benzene rings is 1. The number of furan rings is 1. The molecule has 1 atom stereocenters. The van der Waals surface area contributed by atoms with Crippen molar-refractivity contribution < 1.29 is 19.1 Å². The molecule has 1 saturated heterocycles. The highest BCUT2D eigenvalue weighted by Crippen LogP contribution is 2.34. The molecule has 1 aromatic heterocycles. The predicted octanol–water partition coefficient (Wildman–Crippen LogP) is 2.90. The summed E-state index contributed by atoms with van der Waals surface area (Å²) in [5.74, 6) is -1.07. The molecule has 1 aromatic carbocycles. The Hall–Kier alpha value is -2.30. The lowest BCUT2D eigenvalue weighted by atomic mass is 9.93. The number of nitrogens with zero attached hydrogens (tertiary/aromatic N) is 1. The molecule has 0 bridgehead atoms. The van der Waals surface area contributed by atoms with Crippen LogP contribution in [0.3, 0.4) is 0 Å². The molecule has 0 spiro atoms. The van der Waals surface area contributed by atoms with Gasteiger partial charge in [0.1, 0.15) is 11.1 Å². The van der Waals surface area contributed by atoms with Gasteiger partial charge in [0.05, 0.1) is 0 Å². The minimum atomic E-state index is -1.10. The quantitative estimate of drug-likeness (QED) is 0.942. The number of hydrogen-bond acceptors (Lipinski definition) is 3. The van der Waals surface area contributed by atoms with Gasteiger partial charge in [-0.25, -0.2) is 4.79 Å². The Morgan fingerprint density at radius 1 is 1.38 bits per heavy atom. The number of para-hydroxylation sites is 1. The fourth-order valence-corrected chi connectivity index (χ4v) is 3.14. The van der Waals surface area contributed by atoms with Crippen LogP contribution in [-0.4, -0.2) is 34.0 Å². The largest absolute Gasteiger partial charge is 0.479 e. The lowest BCUT2D eigenvalue weighted by molar-refractivity contribution is -0.148. The first-order chi connectivity index (χ1) is 10.1. The molecule has 1 N–H and O–H groups in total. The Labute approximate surface area is 122 Å². The summed E-state index contributed by atoms with van der Waals surface area (Å²) < 4.78 is 5.58. The zero-order valence-electron chi connectivity index (χ0n) is 11.8. The van der Waals surface area contributed by atoms with Gasteiger partial charge in [0.25, 0.3) is 5.91 Å². The second-order valence-corrected chi connectivity index (χ2v) is 5.40. The van der Waals surface area contributed by atoms with Crippen LogP contribution in [0.2, 0.25) is 0 Å². The van der Waals surface area contributed by atoms with Gasteiger partial charge in [-0.1, -0.05) is 25.1 Å². The Morgan fingerprint density at radius 2 is 2.14 bits per heavy atom. The molecular formula is C16H17NO4. The van der Waals surface area contributed by atoms with Gasteiger partial charge in [-0.15, -0.1) is 0 Å². The van der Waals surface area contributed by atoms with E-state index in [2.05, 4.69) is 0 Å². The van der Waals surface area contributed by atoms with Crippen LogP contribution in [-0.2, 0) is 4.79 Å². The van der Waals surface area contributed by atoms with Crippen molar-refractivity contribution in [3.8, 4) is 0 Å². The Morgan fingerprint density at radius 3 is 2.81 bits per heavy atom. The van der Waals surface area contributed by atoms with Gasteiger partial charge in [-0.05, 0) is 31.4 Å². The molecule has 3 rings (SSSR count). The lowest BCUT2D eigenvalue weighted by Crippen LogP contribution is -2.52. The van der Waals surface area contributed by atoms with Crippen molar-refractivity contribution in [1.29, 1.82) is 0 Å². The van der Waals surface area contributed by atoms with E-state index >= 15 is 0 Å². The molecule has 21 heavy (non-hydrogen) atoms. The molecule has 1 amide bonds. The maximum Gasteiger partial charge on any atom is 0.329 e. The molecule has 0 aliphatic carbocycles. The summed E-state index contributed by atoms with van der Waals surface area (Å²) in [7, 11) is 0. The van der Waals surface area contributed by atoms with Gasteiger partial charge in [0.2, 0.25) is 0 Å². The third kappa shape index (κ3) is 2.00. The molecule has 110 valence electrons. The van der Waals surface area contributed by atoms with Gasteiger partial charge < -0.3 is 14.4 Å². The topological polar surface area (TPSA) is 70.8 Å². The first-order valence-electron chi connectivity index (χ1n) is 7.12. The zero-order valence-corrected chi connectivity index (χ0v) is 11.8. The highest BCUT2D eigenvalue weighted by atomic mass is 16.4. The zero-order chi connectivity index (χ0) is 15.0. The third-order valence-corrected chi connectivity index (χ3v) is 4.35. The van der Waals surface area contributed by atoms with Gasteiger partial charge >= 0.3 is 5.97 Å². The Kier molecular flexibility index (Phi) is 3.20. The van der Waals surface area contributed by atoms with Gasteiger partial charge in [0.15, 0.2) is 5.76 Å². The number of fused-ring (bicyclic) bond motifs is 1. The monoisotopic (exact) mass is 287 g/mol. The summed E-state index contributed by atoms with van der Waals surface area (Å²) in [6.07, 6.45) is 1.59. The summed E-state index contributed by atoms with van der Waals surface area (Å²) in [4.78, 5) is 25.8. The summed E-state index contributed by atoms with van der Waals surface area (Å²) in [5.41, 5.74) is -0.465. The molecule has 2 heterocycles. The molecule has 5 nitrogen and oxygen atoms in total. The lowest BCUT2D eigenvalue weighted by Gasteiger charge is -2.33. The standard InChI is InChI=1S/C16H17NO4/c1-2-16(15(19)20)8-5-9-17(16)14(18)13-10-11-6-3-4-7-12(11)21-13/h3-4,6-7,10H,2,5,8-9H2,1H3,(H,19,20). The van der Waals surface area contributed by atoms with Crippen LogP contribution >= 0.6 is 0 Å². The van der Waals surface area contributed by atoms with E-state index in [0.717, 1.165) is 5.39 Å². The molecule has 1 fully saturated rings. The summed E-state index contributed by atoms with van der Waals surface area (Å²) >= 11 is 0. The highest BCUT2D eigenvalue weighted by Gasteiger charge is 2.49. The van der Waals surface area contributed by atoms with E-state index in [1.165, 1.54) is 4.90 Å². The minimum absolute atomic E-state index is 0.206. The van der Waals surface area contributed by atoms with Gasteiger partial charge in [-0.3, -0.25) is 4.79 Å². The minimum Gasteiger partial charge on any atom is -0.479 e. The molecule has 5 heteroatoms. The predicted molar refractivity (Wildman–Crippen MR) is 77.1 cm³/mol. The molecule has 0 saturated carbocycles. The van der Waals surface area contributed by atoms with Crippen LogP contribution in [0.5, 0.6) is 0 Å². The normalized spacial score (nSPS) is 21.9. The first-order valence-corrected chi connectivity index (χ1v) is 7.12. The average Bonchev–Trinajstić information content (AvgIpc) is 3.10. The summed E-state index contributed by atoms with van der Waals surface area (Å²) in [5, 5.41) is 10.4. The number of carbonyl (C=O) groups excluding carboxylic acids is 1. The fourth-order valence-electron chi connectivity index (χ4n) is 3.14. The molecule has 1 aliphatic heterocycles. The molecular weight excluding hydrogens is 270 g/mol. The maximum absolute atomic E-state index is 12.7. The van der Waals surface area contributed by atoms with Gasteiger partial charge in [0, 0.05) is 11.9 Å². The molecule has 2 aromatic rings. The number of likely N-dealkylation sites (tertiary alicyclic amines) is 1. The summed E-state index contributed by atoms with van der Waals surface area (Å²) in [6.45, 7) is 2.26. The number of carboxylic acids is 1. The fraction of sp³-hybridized carbons (Fsp3) is 0.375. The van der Waals surface area contributed by atoms with Crippen molar-refractivity contribution in [3.63, 3.8) is 0 Å². The molecule has 1 unspecified atom stereocenters. The van der Waals surface area contributed by atoms with Crippen molar-refractivity contribution in [2.45, 2.75) is 31.7 Å². The Bertz CT molecular complexity index is 672. The smallest absolute Gasteiger partial charge is 0.329 e. The maximum atomic E-state index is 12.7. The average molecular weight is 287 g/mol. The molecule has 0 radical (unpaired) electrons. The van der Waals surface area contributed by atoms with Crippen LogP contribution in [0, 0.1) is 0 Å². The summed E-state index contributed by atoms with van der Waals surface area (Å²) in [6, 6.07) is 9.04. The van der Waals surface area contributed by atoms with Crippen LogP contribution in [0.25, 0.3) is 11.0 Å². The van der Waals surface area contributed by atoms with E-state index in [-0.39, 0.29) is 11.7 Å². The third-order valence-electron chi connectivity index (χ3n) is 4.35. The van der Waals surface area contributed by atoms with Crippen molar-refractivity contribution in [3.05, 3.63) is 36.1 Å². The van der Waals surface area contributed by atoms with Crippen LogP contribution < -0.4 is 0 Å². The van der Waals surface area contributed by atoms with Crippen molar-refractivity contribution >= 4 is 22.8 Å². The van der Waals surface area contributed by atoms with Crippen molar-refractivity contribution in [2.24, 2.45) is 0 Å². The van der Waals surface area contributed by atoms with Crippen molar-refractivity contribution in [2.75, 3.05) is 6.54 Å². The number of rotatable bonds is 3. The second-order valence-electron chi connectivity index (χ2n) is 5.40. The highest BCUT2D eigenvalue weighted by molar-refractivity contribution is 5.99. The van der Waals surface area contributed by atoms with E-state index in [0.29, 0.717) is 31.4 Å². The number of amides is 1. The number of carboxylic acid groups (broad SMARTS) is 1. The number of carbonyl (C=O) groups is 2. The SMILES string of the molecule is CCC1(C(=O)O)CCCN1C(=O)c1cc2ccccc2o1. The van der Waals surface area contributed by atoms with E-state index in [1.807, 2.05) is 18.2 Å². The van der Waals surface area contributed by atoms with E-state index < -0.39 is 11.5 Å². The first kappa shape index (κ1) is 13.7. The van der Waals surface area contributed by atoms with E-state index in [9.17, 15) is 14.7 Å². The van der Waals surface area contributed by atoms with E-state index in [4.69, 9.17) is 4.42 Å². The molecule has 1 aliphatic rings. The number of aliphatic carboxylic acids is 1. The van der Waals surface area contributed by atoms with Gasteiger partial charge in [-0.2, -0.15) is 0 Å². The van der Waals surface area contributed by atoms with E-state index in [1.54, 1.807) is 19.1 Å². The van der Waals surface area contributed by atoms with Crippen LogP contribution in [0.1, 0.15) is 36.7 Å². The Balaban J connectivity index is 1.99. The van der Waals surface area contributed by atoms with Crippen LogP contribution in [0.4, 0.5) is 0 Å². The number of hydrogen-bond donors (Lipinski definition) is 1. The van der Waals surface area contributed by atoms with Crippen molar-refractivity contribution in [1.82, 2.24) is 4.90 Å².